The van der Waals surface area contributed by atoms with E-state index in [1.807, 2.05) is 25.1 Å². The van der Waals surface area contributed by atoms with E-state index in [0.29, 0.717) is 16.4 Å². The zero-order valence-corrected chi connectivity index (χ0v) is 14.1. The Morgan fingerprint density at radius 3 is 2.72 bits per heavy atom. The summed E-state index contributed by atoms with van der Waals surface area (Å²) in [6.45, 7) is 1.96. The number of halogens is 2. The first kappa shape index (κ1) is 16.9. The molecule has 2 N–H and O–H groups in total. The van der Waals surface area contributed by atoms with Crippen molar-refractivity contribution in [2.75, 3.05) is 10.6 Å². The van der Waals surface area contributed by atoms with Crippen molar-refractivity contribution in [1.82, 2.24) is 4.98 Å². The number of pyridine rings is 1. The second-order valence-corrected chi connectivity index (χ2v) is 5.91. The van der Waals surface area contributed by atoms with Gasteiger partial charge in [-0.05, 0) is 55.0 Å². The minimum atomic E-state index is -0.419. The Morgan fingerprint density at radius 2 is 1.92 bits per heavy atom. The molecule has 0 radical (unpaired) electrons. The molecule has 0 unspecified atom stereocenters. The molecule has 2 aromatic carbocycles. The largest absolute Gasteiger partial charge is 0.355 e. The number of aryl methyl sites for hydroxylation is 1. The van der Waals surface area contributed by atoms with E-state index >= 15 is 0 Å². The quantitative estimate of drug-likeness (QED) is 0.678. The normalized spacial score (nSPS) is 10.4. The average molecular weight is 356 g/mol. The van der Waals surface area contributed by atoms with Crippen LogP contribution in [0.4, 0.5) is 21.5 Å². The molecule has 0 bridgehead atoms. The van der Waals surface area contributed by atoms with Crippen molar-refractivity contribution < 1.29 is 9.18 Å². The first-order valence-corrected chi connectivity index (χ1v) is 7.95. The van der Waals surface area contributed by atoms with Crippen LogP contribution < -0.4 is 10.6 Å². The van der Waals surface area contributed by atoms with Crippen LogP contribution in [0.1, 0.15) is 16.1 Å². The van der Waals surface area contributed by atoms with Gasteiger partial charge < -0.3 is 10.6 Å². The van der Waals surface area contributed by atoms with E-state index in [1.165, 1.54) is 24.4 Å². The molecule has 1 heterocycles. The van der Waals surface area contributed by atoms with Crippen molar-refractivity contribution in [3.05, 3.63) is 82.9 Å². The number of carbonyl (C=O) groups is 1. The van der Waals surface area contributed by atoms with Gasteiger partial charge in [0.15, 0.2) is 0 Å². The highest BCUT2D eigenvalue weighted by molar-refractivity contribution is 6.30. The molecular weight excluding hydrogens is 341 g/mol. The molecule has 3 aromatic rings. The number of anilines is 3. The van der Waals surface area contributed by atoms with Crippen molar-refractivity contribution in [3.63, 3.8) is 0 Å². The minimum absolute atomic E-state index is 0.217. The topological polar surface area (TPSA) is 54.0 Å². The lowest BCUT2D eigenvalue weighted by Crippen LogP contribution is -2.14. The molecule has 1 aromatic heterocycles. The van der Waals surface area contributed by atoms with Crippen LogP contribution in [0, 0.1) is 12.7 Å². The summed E-state index contributed by atoms with van der Waals surface area (Å²) in [5, 5.41) is 6.45. The van der Waals surface area contributed by atoms with E-state index in [0.717, 1.165) is 11.3 Å². The summed E-state index contributed by atoms with van der Waals surface area (Å²) in [5.41, 5.74) is 3.15. The van der Waals surface area contributed by atoms with Crippen LogP contribution in [0.2, 0.25) is 5.02 Å². The lowest BCUT2D eigenvalue weighted by molar-refractivity contribution is 0.102. The number of aromatic nitrogens is 1. The Morgan fingerprint density at radius 1 is 1.08 bits per heavy atom. The molecule has 0 fully saturated rings. The number of amides is 1. The summed E-state index contributed by atoms with van der Waals surface area (Å²) in [7, 11) is 0. The Bertz CT molecular complexity index is 930. The van der Waals surface area contributed by atoms with Gasteiger partial charge >= 0.3 is 0 Å². The summed E-state index contributed by atoms with van der Waals surface area (Å²) in [5.74, 6) is -0.838. The molecule has 0 aliphatic carbocycles. The predicted octanol–water partition coefficient (Wildman–Crippen LogP) is 5.18. The standard InChI is InChI=1S/C19H15ClFN3O/c1-12-5-6-13(20)9-17(12)23-16-7-8-22-18(11-16)19(25)24-15-4-2-3-14(21)10-15/h2-11H,1H3,(H,22,23)(H,24,25). The van der Waals surface area contributed by atoms with Crippen LogP contribution >= 0.6 is 11.6 Å². The average Bonchev–Trinajstić information content (AvgIpc) is 2.58. The first-order valence-electron chi connectivity index (χ1n) is 7.57. The molecule has 0 saturated heterocycles. The minimum Gasteiger partial charge on any atom is -0.355 e. The van der Waals surface area contributed by atoms with E-state index in [1.54, 1.807) is 18.2 Å². The van der Waals surface area contributed by atoms with Gasteiger partial charge in [-0.2, -0.15) is 0 Å². The Kier molecular flexibility index (Phi) is 4.95. The molecule has 6 heteroatoms. The van der Waals surface area contributed by atoms with Gasteiger partial charge in [-0.15, -0.1) is 0 Å². The van der Waals surface area contributed by atoms with E-state index < -0.39 is 11.7 Å². The first-order chi connectivity index (χ1) is 12.0. The van der Waals surface area contributed by atoms with Crippen molar-refractivity contribution in [3.8, 4) is 0 Å². The number of nitrogens with one attached hydrogen (secondary N) is 2. The molecule has 3 rings (SSSR count). The smallest absolute Gasteiger partial charge is 0.274 e. The SMILES string of the molecule is Cc1ccc(Cl)cc1Nc1ccnc(C(=O)Nc2cccc(F)c2)c1. The lowest BCUT2D eigenvalue weighted by Gasteiger charge is -2.11. The number of benzene rings is 2. The maximum atomic E-state index is 13.2. The number of nitrogens with zero attached hydrogens (tertiary/aromatic N) is 1. The number of hydrogen-bond donors (Lipinski definition) is 2. The fourth-order valence-electron chi connectivity index (χ4n) is 2.28. The third-order valence-electron chi connectivity index (χ3n) is 3.55. The molecule has 0 atom stereocenters. The van der Waals surface area contributed by atoms with Crippen molar-refractivity contribution in [1.29, 1.82) is 0 Å². The van der Waals surface area contributed by atoms with Gasteiger partial charge in [0.2, 0.25) is 0 Å². The monoisotopic (exact) mass is 355 g/mol. The fraction of sp³-hybridized carbons (Fsp3) is 0.0526. The third kappa shape index (κ3) is 4.33. The molecule has 0 spiro atoms. The summed E-state index contributed by atoms with van der Waals surface area (Å²) in [6.07, 6.45) is 1.53. The van der Waals surface area contributed by atoms with E-state index in [2.05, 4.69) is 15.6 Å². The third-order valence-corrected chi connectivity index (χ3v) is 3.79. The van der Waals surface area contributed by atoms with Gasteiger partial charge in [-0.3, -0.25) is 9.78 Å². The Hall–Kier alpha value is -2.92. The van der Waals surface area contributed by atoms with Gasteiger partial charge in [0, 0.05) is 28.3 Å². The molecule has 4 nitrogen and oxygen atoms in total. The van der Waals surface area contributed by atoms with Gasteiger partial charge in [-0.25, -0.2) is 4.39 Å². The predicted molar refractivity (Wildman–Crippen MR) is 98.1 cm³/mol. The van der Waals surface area contributed by atoms with Gasteiger partial charge in [-0.1, -0.05) is 23.7 Å². The van der Waals surface area contributed by atoms with Crippen LogP contribution in [0.15, 0.2) is 60.8 Å². The van der Waals surface area contributed by atoms with Gasteiger partial charge in [0.25, 0.3) is 5.91 Å². The van der Waals surface area contributed by atoms with Crippen LogP contribution in [0.3, 0.4) is 0 Å². The molecule has 0 aliphatic rings. The Labute approximate surface area is 149 Å². The van der Waals surface area contributed by atoms with Crippen LogP contribution in [-0.2, 0) is 0 Å². The summed E-state index contributed by atoms with van der Waals surface area (Å²) in [6, 6.07) is 14.6. The number of carbonyl (C=O) groups excluding carboxylic acids is 1. The van der Waals surface area contributed by atoms with Gasteiger partial charge in [0.1, 0.15) is 11.5 Å². The van der Waals surface area contributed by atoms with Crippen molar-refractivity contribution in [2.45, 2.75) is 6.92 Å². The molecular formula is C19H15ClFN3O. The molecule has 25 heavy (non-hydrogen) atoms. The summed E-state index contributed by atoms with van der Waals surface area (Å²) in [4.78, 5) is 16.4. The second kappa shape index (κ2) is 7.32. The maximum Gasteiger partial charge on any atom is 0.274 e. The second-order valence-electron chi connectivity index (χ2n) is 5.48. The summed E-state index contributed by atoms with van der Waals surface area (Å²) >= 11 is 6.02. The fourth-order valence-corrected chi connectivity index (χ4v) is 2.45. The van der Waals surface area contributed by atoms with E-state index in [4.69, 9.17) is 11.6 Å². The lowest BCUT2D eigenvalue weighted by atomic mass is 10.2. The number of hydrogen-bond acceptors (Lipinski definition) is 3. The Balaban J connectivity index is 1.79. The summed E-state index contributed by atoms with van der Waals surface area (Å²) < 4.78 is 13.2. The maximum absolute atomic E-state index is 13.2. The highest BCUT2D eigenvalue weighted by Crippen LogP contribution is 2.24. The number of rotatable bonds is 4. The molecule has 0 aliphatic heterocycles. The molecule has 126 valence electrons. The molecule has 0 saturated carbocycles. The highest BCUT2D eigenvalue weighted by atomic mass is 35.5. The van der Waals surface area contributed by atoms with E-state index in [9.17, 15) is 9.18 Å². The zero-order valence-electron chi connectivity index (χ0n) is 13.4. The van der Waals surface area contributed by atoms with Crippen LogP contribution in [-0.4, -0.2) is 10.9 Å². The van der Waals surface area contributed by atoms with Crippen molar-refractivity contribution in [2.24, 2.45) is 0 Å². The van der Waals surface area contributed by atoms with Crippen LogP contribution in [0.5, 0.6) is 0 Å². The van der Waals surface area contributed by atoms with Gasteiger partial charge in [0.05, 0.1) is 0 Å². The van der Waals surface area contributed by atoms with E-state index in [-0.39, 0.29) is 5.69 Å². The van der Waals surface area contributed by atoms with Crippen LogP contribution in [0.25, 0.3) is 0 Å². The molecule has 1 amide bonds. The highest BCUT2D eigenvalue weighted by Gasteiger charge is 2.10. The zero-order chi connectivity index (χ0) is 17.8. The van der Waals surface area contributed by atoms with Crippen molar-refractivity contribution >= 4 is 34.6 Å².